The molecule has 1 nitrogen and oxygen atoms in total. The normalized spacial score (nSPS) is 13.1. The molecule has 16 heavy (non-hydrogen) atoms. The van der Waals surface area contributed by atoms with Crippen LogP contribution in [0, 0.1) is 17.6 Å². The molecule has 0 aliphatic heterocycles. The van der Waals surface area contributed by atoms with E-state index in [1.807, 2.05) is 0 Å². The molecule has 0 aliphatic carbocycles. The Balaban J connectivity index is 2.79. The van der Waals surface area contributed by atoms with Crippen LogP contribution in [0.15, 0.2) is 18.2 Å². The van der Waals surface area contributed by atoms with Gasteiger partial charge in [0.25, 0.3) is 0 Å². The summed E-state index contributed by atoms with van der Waals surface area (Å²) < 4.78 is 26.4. The number of hydrogen-bond acceptors (Lipinski definition) is 1. The van der Waals surface area contributed by atoms with E-state index in [9.17, 15) is 8.78 Å². The van der Waals surface area contributed by atoms with Gasteiger partial charge in [-0.25, -0.2) is 8.78 Å². The molecule has 0 saturated heterocycles. The van der Waals surface area contributed by atoms with Crippen molar-refractivity contribution >= 4 is 0 Å². The van der Waals surface area contributed by atoms with Gasteiger partial charge in [0.15, 0.2) is 0 Å². The van der Waals surface area contributed by atoms with E-state index >= 15 is 0 Å². The van der Waals surface area contributed by atoms with Crippen molar-refractivity contribution < 1.29 is 8.78 Å². The molecule has 0 aliphatic rings. The Kier molecular flexibility index (Phi) is 4.87. The molecule has 90 valence electrons. The third-order valence-electron chi connectivity index (χ3n) is 3.10. The summed E-state index contributed by atoms with van der Waals surface area (Å²) in [6.07, 6.45) is 2.73. The second kappa shape index (κ2) is 5.94. The van der Waals surface area contributed by atoms with Crippen LogP contribution in [0.3, 0.4) is 0 Å². The van der Waals surface area contributed by atoms with Gasteiger partial charge < -0.3 is 5.73 Å². The van der Waals surface area contributed by atoms with Crippen molar-refractivity contribution in [3.05, 3.63) is 35.4 Å². The average molecular weight is 227 g/mol. The number of hydrogen-bond donors (Lipinski definition) is 1. The van der Waals surface area contributed by atoms with E-state index in [1.54, 1.807) is 0 Å². The number of rotatable bonds is 5. The summed E-state index contributed by atoms with van der Waals surface area (Å²) in [4.78, 5) is 0. The molecule has 1 atom stereocenters. The lowest BCUT2D eigenvalue weighted by Gasteiger charge is -2.19. The Labute approximate surface area is 95.7 Å². The summed E-state index contributed by atoms with van der Waals surface area (Å²) in [5.41, 5.74) is 6.19. The number of nitrogens with two attached hydrogens (primary N) is 1. The zero-order valence-corrected chi connectivity index (χ0v) is 9.84. The fourth-order valence-corrected chi connectivity index (χ4v) is 1.91. The molecule has 0 radical (unpaired) electrons. The molecule has 2 N–H and O–H groups in total. The molecular formula is C13H19F2N. The summed E-state index contributed by atoms with van der Waals surface area (Å²) >= 11 is 0. The molecule has 0 saturated carbocycles. The maximum Gasteiger partial charge on any atom is 0.128 e. The van der Waals surface area contributed by atoms with Gasteiger partial charge >= 0.3 is 0 Å². The van der Waals surface area contributed by atoms with E-state index in [2.05, 4.69) is 13.8 Å². The number of benzene rings is 1. The van der Waals surface area contributed by atoms with E-state index in [4.69, 9.17) is 5.73 Å². The molecule has 0 bridgehead atoms. The predicted molar refractivity (Wildman–Crippen MR) is 62.0 cm³/mol. The standard InChI is InChI=1S/C13H19F2N/c1-3-9(4-2)7-13(16)11-8-10(14)5-6-12(11)15/h5-6,8-9,13H,3-4,7,16H2,1-2H3. The van der Waals surface area contributed by atoms with E-state index in [0.29, 0.717) is 12.3 Å². The maximum atomic E-state index is 13.4. The van der Waals surface area contributed by atoms with Gasteiger partial charge in [-0.3, -0.25) is 0 Å². The third kappa shape index (κ3) is 3.27. The predicted octanol–water partition coefficient (Wildman–Crippen LogP) is 3.79. The van der Waals surface area contributed by atoms with Gasteiger partial charge in [0.1, 0.15) is 11.6 Å². The molecule has 1 rings (SSSR count). The van der Waals surface area contributed by atoms with Crippen molar-refractivity contribution in [2.75, 3.05) is 0 Å². The van der Waals surface area contributed by atoms with Gasteiger partial charge in [0.2, 0.25) is 0 Å². The topological polar surface area (TPSA) is 26.0 Å². The monoisotopic (exact) mass is 227 g/mol. The van der Waals surface area contributed by atoms with Crippen molar-refractivity contribution in [1.29, 1.82) is 0 Å². The smallest absolute Gasteiger partial charge is 0.128 e. The van der Waals surface area contributed by atoms with Crippen LogP contribution >= 0.6 is 0 Å². The second-order valence-electron chi connectivity index (χ2n) is 4.19. The Morgan fingerprint density at radius 1 is 1.19 bits per heavy atom. The van der Waals surface area contributed by atoms with Crippen LogP contribution in [-0.4, -0.2) is 0 Å². The van der Waals surface area contributed by atoms with Crippen LogP contribution < -0.4 is 5.73 Å². The highest BCUT2D eigenvalue weighted by atomic mass is 19.1. The van der Waals surface area contributed by atoms with Crippen LogP contribution in [0.5, 0.6) is 0 Å². The first-order valence-electron chi connectivity index (χ1n) is 5.79. The van der Waals surface area contributed by atoms with Crippen LogP contribution in [0.2, 0.25) is 0 Å². The summed E-state index contributed by atoms with van der Waals surface area (Å²) in [7, 11) is 0. The summed E-state index contributed by atoms with van der Waals surface area (Å²) in [5.74, 6) is -0.381. The Bertz CT molecular complexity index is 335. The minimum atomic E-state index is -0.434. The largest absolute Gasteiger partial charge is 0.324 e. The maximum absolute atomic E-state index is 13.4. The Hall–Kier alpha value is -0.960. The van der Waals surface area contributed by atoms with E-state index in [0.717, 1.165) is 25.0 Å². The fourth-order valence-electron chi connectivity index (χ4n) is 1.91. The lowest BCUT2D eigenvalue weighted by atomic mass is 9.91. The molecule has 0 heterocycles. The zero-order valence-electron chi connectivity index (χ0n) is 9.84. The van der Waals surface area contributed by atoms with Crippen molar-refractivity contribution in [3.8, 4) is 0 Å². The lowest BCUT2D eigenvalue weighted by molar-refractivity contribution is 0.406. The van der Waals surface area contributed by atoms with Crippen LogP contribution in [0.1, 0.15) is 44.7 Å². The molecule has 0 fully saturated rings. The summed E-state index contributed by atoms with van der Waals surface area (Å²) in [6.45, 7) is 4.17. The van der Waals surface area contributed by atoms with Gasteiger partial charge in [-0.05, 0) is 30.5 Å². The van der Waals surface area contributed by atoms with E-state index in [1.165, 1.54) is 6.07 Å². The Morgan fingerprint density at radius 3 is 2.38 bits per heavy atom. The summed E-state index contributed by atoms with van der Waals surface area (Å²) in [5, 5.41) is 0. The van der Waals surface area contributed by atoms with Crippen LogP contribution in [-0.2, 0) is 0 Å². The first kappa shape index (κ1) is 13.1. The highest BCUT2D eigenvalue weighted by Crippen LogP contribution is 2.25. The highest BCUT2D eigenvalue weighted by Gasteiger charge is 2.16. The molecule has 1 unspecified atom stereocenters. The van der Waals surface area contributed by atoms with Gasteiger partial charge in [-0.1, -0.05) is 26.7 Å². The minimum absolute atomic E-state index is 0.284. The average Bonchev–Trinajstić information content (AvgIpc) is 2.28. The van der Waals surface area contributed by atoms with Crippen LogP contribution in [0.4, 0.5) is 8.78 Å². The molecule has 0 spiro atoms. The van der Waals surface area contributed by atoms with Gasteiger partial charge in [-0.2, -0.15) is 0 Å². The van der Waals surface area contributed by atoms with Gasteiger partial charge in [0, 0.05) is 11.6 Å². The molecule has 0 aromatic heterocycles. The SMILES string of the molecule is CCC(CC)CC(N)c1cc(F)ccc1F. The van der Waals surface area contributed by atoms with Crippen LogP contribution in [0.25, 0.3) is 0 Å². The molecular weight excluding hydrogens is 208 g/mol. The number of halogens is 2. The fraction of sp³-hybridized carbons (Fsp3) is 0.538. The van der Waals surface area contributed by atoms with Gasteiger partial charge in [0.05, 0.1) is 0 Å². The molecule has 0 amide bonds. The second-order valence-corrected chi connectivity index (χ2v) is 4.19. The Morgan fingerprint density at radius 2 is 1.81 bits per heavy atom. The quantitative estimate of drug-likeness (QED) is 0.813. The summed E-state index contributed by atoms with van der Waals surface area (Å²) in [6, 6.07) is 3.03. The lowest BCUT2D eigenvalue weighted by Crippen LogP contribution is -2.16. The first-order valence-corrected chi connectivity index (χ1v) is 5.79. The first-order chi connectivity index (χ1) is 7.58. The van der Waals surface area contributed by atoms with Crippen molar-refractivity contribution in [1.82, 2.24) is 0 Å². The molecule has 1 aromatic carbocycles. The van der Waals surface area contributed by atoms with Crippen molar-refractivity contribution in [3.63, 3.8) is 0 Å². The highest BCUT2D eigenvalue weighted by molar-refractivity contribution is 5.22. The van der Waals surface area contributed by atoms with Gasteiger partial charge in [-0.15, -0.1) is 0 Å². The molecule has 3 heteroatoms. The zero-order chi connectivity index (χ0) is 12.1. The molecule has 1 aromatic rings. The van der Waals surface area contributed by atoms with E-state index < -0.39 is 17.7 Å². The van der Waals surface area contributed by atoms with E-state index in [-0.39, 0.29) is 5.56 Å². The van der Waals surface area contributed by atoms with Crippen molar-refractivity contribution in [2.45, 2.75) is 39.2 Å². The van der Waals surface area contributed by atoms with Crippen molar-refractivity contribution in [2.24, 2.45) is 11.7 Å². The third-order valence-corrected chi connectivity index (χ3v) is 3.10. The minimum Gasteiger partial charge on any atom is -0.324 e.